The molecule has 0 radical (unpaired) electrons. The first-order valence-corrected chi connectivity index (χ1v) is 13.9. The fraction of sp³-hybridized carbons (Fsp3) is 0.375. The molecule has 0 bridgehead atoms. The summed E-state index contributed by atoms with van der Waals surface area (Å²) in [6.45, 7) is 8.88. The number of hydrogen-bond donors (Lipinski definition) is 5. The van der Waals surface area contributed by atoms with Crippen LogP contribution in [-0.2, 0) is 22.5 Å². The van der Waals surface area contributed by atoms with E-state index in [4.69, 9.17) is 15.6 Å². The maximum Gasteiger partial charge on any atom is 0.329 e. The van der Waals surface area contributed by atoms with Crippen molar-refractivity contribution < 1.29 is 19.7 Å². The lowest BCUT2D eigenvalue weighted by molar-refractivity contribution is -0.142. The summed E-state index contributed by atoms with van der Waals surface area (Å²) < 4.78 is 4.70. The van der Waals surface area contributed by atoms with Gasteiger partial charge in [-0.3, -0.25) is 4.90 Å². The highest BCUT2D eigenvalue weighted by Crippen LogP contribution is 2.15. The second kappa shape index (κ2) is 20.0. The normalized spacial score (nSPS) is 17.0. The SMILES string of the molecule is C/C(N)=N/NCCOCC(=O)O.CC1CN(Cc2ccccc2)CCN1.OC1=CCC(Cc2ccccc2)=CC=C1. The molecule has 0 aromatic heterocycles. The highest BCUT2D eigenvalue weighted by Gasteiger charge is 2.14. The Hall–Kier alpha value is -3.92. The van der Waals surface area contributed by atoms with Crippen LogP contribution >= 0.6 is 0 Å². The topological polar surface area (TPSA) is 132 Å². The van der Waals surface area contributed by atoms with Gasteiger partial charge in [-0.05, 0) is 50.0 Å². The number of hydrazone groups is 1. The molecule has 9 heteroatoms. The predicted octanol–water partition coefficient (Wildman–Crippen LogP) is 4.01. The van der Waals surface area contributed by atoms with Gasteiger partial charge in [0.05, 0.1) is 13.2 Å². The van der Waals surface area contributed by atoms with Gasteiger partial charge in [0.15, 0.2) is 0 Å². The number of piperazine rings is 1. The van der Waals surface area contributed by atoms with Crippen LogP contribution in [0.4, 0.5) is 0 Å². The molecule has 9 nitrogen and oxygen atoms in total. The monoisotopic (exact) mass is 563 g/mol. The van der Waals surface area contributed by atoms with Crippen molar-refractivity contribution >= 4 is 11.8 Å². The van der Waals surface area contributed by atoms with Gasteiger partial charge in [0.25, 0.3) is 0 Å². The molecule has 2 aromatic carbocycles. The van der Waals surface area contributed by atoms with Crippen molar-refractivity contribution in [3.05, 3.63) is 107 Å². The van der Waals surface area contributed by atoms with Crippen molar-refractivity contribution in [3.63, 3.8) is 0 Å². The lowest BCUT2D eigenvalue weighted by Crippen LogP contribution is -2.48. The van der Waals surface area contributed by atoms with Crippen molar-refractivity contribution in [2.75, 3.05) is 39.4 Å². The van der Waals surface area contributed by atoms with Crippen molar-refractivity contribution in [2.24, 2.45) is 10.8 Å². The highest BCUT2D eigenvalue weighted by atomic mass is 16.5. The molecule has 1 aliphatic carbocycles. The van der Waals surface area contributed by atoms with Crippen molar-refractivity contribution in [3.8, 4) is 0 Å². The van der Waals surface area contributed by atoms with Crippen LogP contribution in [0.2, 0.25) is 0 Å². The molecular formula is C32H45N5O4. The Morgan fingerprint density at radius 2 is 1.83 bits per heavy atom. The van der Waals surface area contributed by atoms with E-state index in [-0.39, 0.29) is 6.61 Å². The van der Waals surface area contributed by atoms with Crippen LogP contribution in [-0.4, -0.2) is 72.4 Å². The number of aliphatic hydroxyl groups excluding tert-OH is 1. The van der Waals surface area contributed by atoms with Gasteiger partial charge < -0.3 is 31.4 Å². The molecular weight excluding hydrogens is 518 g/mol. The van der Waals surface area contributed by atoms with Gasteiger partial charge in [-0.25, -0.2) is 4.79 Å². The second-order valence-electron chi connectivity index (χ2n) is 9.86. The van der Waals surface area contributed by atoms with Crippen LogP contribution in [0.5, 0.6) is 0 Å². The minimum Gasteiger partial charge on any atom is -0.508 e. The zero-order valence-electron chi connectivity index (χ0n) is 24.2. The standard InChI is InChI=1S/C14H14O.C12H18N2.C6H13N3O3/c15-14-8-4-7-13(9-10-14)11-12-5-2-1-3-6-12;1-11-9-14(8-7-13-11)10-12-5-3-2-4-6-12;1-5(7)9-8-2-3-12-4-6(10)11/h1-8,10,15H,9,11H2;2-6,11,13H,7-10H2,1H3;8H,2-4H2,1H3,(H2,7,9)(H,10,11). The molecule has 1 fully saturated rings. The molecule has 1 heterocycles. The van der Waals surface area contributed by atoms with E-state index in [0.717, 1.165) is 32.5 Å². The third-order valence-corrected chi connectivity index (χ3v) is 5.99. The first-order valence-electron chi connectivity index (χ1n) is 13.9. The minimum atomic E-state index is -0.978. The van der Waals surface area contributed by atoms with Gasteiger partial charge in [0.2, 0.25) is 0 Å². The number of aliphatic carboxylic acids is 1. The predicted molar refractivity (Wildman–Crippen MR) is 166 cm³/mol. The summed E-state index contributed by atoms with van der Waals surface area (Å²) in [7, 11) is 0. The van der Waals surface area contributed by atoms with E-state index < -0.39 is 5.97 Å². The maximum atomic E-state index is 9.95. The maximum absolute atomic E-state index is 9.95. The molecule has 1 unspecified atom stereocenters. The summed E-state index contributed by atoms with van der Waals surface area (Å²) in [5.41, 5.74) is 11.9. The Labute approximate surface area is 244 Å². The quantitative estimate of drug-likeness (QED) is 0.127. The number of nitrogens with one attached hydrogen (secondary N) is 2. The van der Waals surface area contributed by atoms with Gasteiger partial charge in [0.1, 0.15) is 18.2 Å². The largest absolute Gasteiger partial charge is 0.508 e. The summed E-state index contributed by atoms with van der Waals surface area (Å²) in [6, 6.07) is 21.7. The Bertz CT molecular complexity index is 1130. The van der Waals surface area contributed by atoms with Gasteiger partial charge in [-0.2, -0.15) is 5.10 Å². The summed E-state index contributed by atoms with van der Waals surface area (Å²) in [6.07, 6.45) is 9.32. The third kappa shape index (κ3) is 16.7. The van der Waals surface area contributed by atoms with Crippen LogP contribution in [0.25, 0.3) is 0 Å². The molecule has 4 rings (SSSR count). The number of allylic oxidation sites excluding steroid dienone is 5. The molecule has 41 heavy (non-hydrogen) atoms. The molecule has 1 atom stereocenters. The minimum absolute atomic E-state index is 0.285. The zero-order valence-corrected chi connectivity index (χ0v) is 24.2. The Morgan fingerprint density at radius 1 is 1.15 bits per heavy atom. The van der Waals surface area contributed by atoms with Gasteiger partial charge in [-0.15, -0.1) is 0 Å². The Kier molecular flexibility index (Phi) is 16.3. The molecule has 1 saturated heterocycles. The van der Waals surface area contributed by atoms with Crippen molar-refractivity contribution in [1.82, 2.24) is 15.6 Å². The van der Waals surface area contributed by atoms with E-state index in [1.807, 2.05) is 18.2 Å². The molecule has 1 aliphatic heterocycles. The van der Waals surface area contributed by atoms with Crippen LogP contribution in [0.3, 0.4) is 0 Å². The zero-order chi connectivity index (χ0) is 29.7. The Morgan fingerprint density at radius 3 is 2.46 bits per heavy atom. The highest BCUT2D eigenvalue weighted by molar-refractivity contribution is 5.77. The van der Waals surface area contributed by atoms with Gasteiger partial charge >= 0.3 is 5.97 Å². The number of amidine groups is 1. The average Bonchev–Trinajstić information content (AvgIpc) is 3.16. The number of hydrogen-bond acceptors (Lipinski definition) is 7. The molecule has 2 aliphatic rings. The second-order valence-corrected chi connectivity index (χ2v) is 9.86. The van der Waals surface area contributed by atoms with Gasteiger partial charge in [0, 0.05) is 32.2 Å². The van der Waals surface area contributed by atoms with Crippen molar-refractivity contribution in [2.45, 2.75) is 39.3 Å². The van der Waals surface area contributed by atoms with Crippen LogP contribution in [0.1, 0.15) is 31.4 Å². The number of nitrogens with two attached hydrogens (primary N) is 1. The molecule has 222 valence electrons. The smallest absolute Gasteiger partial charge is 0.329 e. The Balaban J connectivity index is 0.000000217. The summed E-state index contributed by atoms with van der Waals surface area (Å²) in [4.78, 5) is 12.5. The fourth-order valence-corrected chi connectivity index (χ4v) is 4.10. The van der Waals surface area contributed by atoms with E-state index in [9.17, 15) is 9.90 Å². The number of rotatable bonds is 10. The summed E-state index contributed by atoms with van der Waals surface area (Å²) >= 11 is 0. The number of carboxylic acid groups (broad SMARTS) is 1. The number of carboxylic acids is 1. The first kappa shape index (κ1) is 33.3. The summed E-state index contributed by atoms with van der Waals surface area (Å²) in [5.74, 6) is -0.198. The van der Waals surface area contributed by atoms with E-state index in [1.54, 1.807) is 13.0 Å². The third-order valence-electron chi connectivity index (χ3n) is 5.99. The van der Waals surface area contributed by atoms with Crippen LogP contribution < -0.4 is 16.5 Å². The molecule has 6 N–H and O–H groups in total. The summed E-state index contributed by atoms with van der Waals surface area (Å²) in [5, 5.41) is 24.6. The van der Waals surface area contributed by atoms with E-state index >= 15 is 0 Å². The lowest BCUT2D eigenvalue weighted by Gasteiger charge is -2.31. The first-order chi connectivity index (χ1) is 19.8. The van der Waals surface area contributed by atoms with Crippen LogP contribution in [0.15, 0.2) is 101 Å². The fourth-order valence-electron chi connectivity index (χ4n) is 4.10. The molecule has 0 saturated carbocycles. The van der Waals surface area contributed by atoms with Gasteiger partial charge in [-0.1, -0.05) is 78.4 Å². The lowest BCUT2D eigenvalue weighted by atomic mass is 10.0. The average molecular weight is 564 g/mol. The number of benzene rings is 2. The number of nitrogens with zero attached hydrogens (tertiary/aromatic N) is 2. The van der Waals surface area contributed by atoms with E-state index in [2.05, 4.69) is 88.3 Å². The van der Waals surface area contributed by atoms with E-state index in [0.29, 0.717) is 30.8 Å². The molecule has 2 aromatic rings. The van der Waals surface area contributed by atoms with E-state index in [1.165, 1.54) is 23.2 Å². The number of aliphatic hydroxyl groups is 1. The molecule has 0 amide bonds. The molecule has 0 spiro atoms. The van der Waals surface area contributed by atoms with Crippen molar-refractivity contribution in [1.29, 1.82) is 0 Å². The number of ether oxygens (including phenoxy) is 1. The number of carbonyl (C=O) groups is 1. The van der Waals surface area contributed by atoms with Crippen LogP contribution in [0, 0.1) is 0 Å².